The Balaban J connectivity index is 3.17. The Morgan fingerprint density at radius 2 is 1.85 bits per heavy atom. The van der Waals surface area contributed by atoms with Gasteiger partial charge in [-0.3, -0.25) is 0 Å². The minimum Gasteiger partial charge on any atom is -0.503 e. The van der Waals surface area contributed by atoms with E-state index in [9.17, 15) is 9.90 Å². The molecule has 13 heavy (non-hydrogen) atoms. The molecule has 0 atom stereocenters. The zero-order valence-corrected chi connectivity index (χ0v) is 7.63. The highest BCUT2D eigenvalue weighted by molar-refractivity contribution is 6.35. The molecule has 0 saturated carbocycles. The number of benzene rings is 1. The molecular weight excluding hydrogens is 219 g/mol. The van der Waals surface area contributed by atoms with E-state index in [4.69, 9.17) is 28.3 Å². The van der Waals surface area contributed by atoms with Crippen LogP contribution in [0, 0.1) is 0 Å². The third kappa shape index (κ3) is 2.17. The lowest BCUT2D eigenvalue weighted by atomic mass is 10.3. The molecule has 1 aromatic rings. The van der Waals surface area contributed by atoms with Crippen molar-refractivity contribution in [3.8, 4) is 11.5 Å². The molecular formula is C7H4Cl2O4. The fourth-order valence-electron chi connectivity index (χ4n) is 0.707. The lowest BCUT2D eigenvalue weighted by Gasteiger charge is -2.05. The van der Waals surface area contributed by atoms with Crippen molar-refractivity contribution in [2.75, 3.05) is 0 Å². The van der Waals surface area contributed by atoms with Crippen LogP contribution in [0.2, 0.25) is 10.0 Å². The lowest BCUT2D eigenvalue weighted by molar-refractivity contribution is 0.143. The maximum absolute atomic E-state index is 10.1. The summed E-state index contributed by atoms with van der Waals surface area (Å²) in [4.78, 5) is 10.1. The highest BCUT2D eigenvalue weighted by Gasteiger charge is 2.14. The fraction of sp³-hybridized carbons (Fsp3) is 0. The number of hydrogen-bond donors (Lipinski definition) is 2. The van der Waals surface area contributed by atoms with Crippen LogP contribution < -0.4 is 4.74 Å². The zero-order valence-electron chi connectivity index (χ0n) is 6.12. The average Bonchev–Trinajstić information content (AvgIpc) is 2.05. The highest BCUT2D eigenvalue weighted by Crippen LogP contribution is 2.39. The number of aromatic hydroxyl groups is 1. The second-order valence-electron chi connectivity index (χ2n) is 2.07. The molecule has 0 fully saturated rings. The number of ether oxygens (including phenoxy) is 1. The fourth-order valence-corrected chi connectivity index (χ4v) is 1.05. The van der Waals surface area contributed by atoms with Crippen LogP contribution in [-0.4, -0.2) is 16.4 Å². The van der Waals surface area contributed by atoms with Gasteiger partial charge in [-0.15, -0.1) is 0 Å². The van der Waals surface area contributed by atoms with Crippen LogP contribution in [0.4, 0.5) is 4.79 Å². The minimum absolute atomic E-state index is 0.0238. The van der Waals surface area contributed by atoms with E-state index in [1.54, 1.807) is 0 Å². The van der Waals surface area contributed by atoms with E-state index in [0.29, 0.717) is 0 Å². The predicted molar refractivity (Wildman–Crippen MR) is 46.8 cm³/mol. The summed E-state index contributed by atoms with van der Waals surface area (Å²) >= 11 is 11.0. The first-order chi connectivity index (χ1) is 6.02. The molecule has 0 heterocycles. The van der Waals surface area contributed by atoms with Crippen molar-refractivity contribution >= 4 is 29.4 Å². The summed E-state index contributed by atoms with van der Waals surface area (Å²) < 4.78 is 4.21. The van der Waals surface area contributed by atoms with Crippen molar-refractivity contribution in [1.29, 1.82) is 0 Å². The van der Waals surface area contributed by atoms with E-state index < -0.39 is 11.9 Å². The van der Waals surface area contributed by atoms with Gasteiger partial charge in [0.25, 0.3) is 0 Å². The Labute approximate surface area is 83.3 Å². The molecule has 2 N–H and O–H groups in total. The van der Waals surface area contributed by atoms with Crippen molar-refractivity contribution in [2.45, 2.75) is 0 Å². The van der Waals surface area contributed by atoms with Gasteiger partial charge >= 0.3 is 6.16 Å². The molecule has 1 rings (SSSR count). The Hall–Kier alpha value is -1.13. The van der Waals surface area contributed by atoms with Gasteiger partial charge in [-0.2, -0.15) is 0 Å². The van der Waals surface area contributed by atoms with Crippen molar-refractivity contribution in [1.82, 2.24) is 0 Å². The SMILES string of the molecule is O=C(O)Oc1c(Cl)ccc(Cl)c1O. The van der Waals surface area contributed by atoms with Crippen molar-refractivity contribution in [2.24, 2.45) is 0 Å². The molecule has 0 aromatic heterocycles. The van der Waals surface area contributed by atoms with E-state index in [2.05, 4.69) is 4.74 Å². The summed E-state index contributed by atoms with van der Waals surface area (Å²) in [6.07, 6.45) is -1.57. The van der Waals surface area contributed by atoms with Gasteiger partial charge in [-0.1, -0.05) is 23.2 Å². The summed E-state index contributed by atoms with van der Waals surface area (Å²) in [7, 11) is 0. The summed E-state index contributed by atoms with van der Waals surface area (Å²) in [5.74, 6) is -0.849. The van der Waals surface area contributed by atoms with Crippen molar-refractivity contribution in [3.63, 3.8) is 0 Å². The summed E-state index contributed by atoms with van der Waals surface area (Å²) in [5.41, 5.74) is 0. The molecule has 0 aliphatic heterocycles. The molecule has 0 aliphatic rings. The van der Waals surface area contributed by atoms with Crippen LogP contribution in [0.25, 0.3) is 0 Å². The molecule has 0 saturated heterocycles. The Morgan fingerprint density at radius 1 is 1.31 bits per heavy atom. The molecule has 6 heteroatoms. The zero-order chi connectivity index (χ0) is 10.0. The van der Waals surface area contributed by atoms with Crippen LogP contribution in [0.5, 0.6) is 11.5 Å². The van der Waals surface area contributed by atoms with Crippen LogP contribution in [0.15, 0.2) is 12.1 Å². The molecule has 1 aromatic carbocycles. The van der Waals surface area contributed by atoms with Gasteiger partial charge in [0.1, 0.15) is 0 Å². The van der Waals surface area contributed by atoms with Gasteiger partial charge in [-0.05, 0) is 12.1 Å². The first kappa shape index (κ1) is 9.95. The minimum atomic E-state index is -1.57. The Bertz CT molecular complexity index is 351. The van der Waals surface area contributed by atoms with Crippen molar-refractivity contribution < 1.29 is 19.7 Å². The Morgan fingerprint density at radius 3 is 2.38 bits per heavy atom. The molecule has 4 nitrogen and oxygen atoms in total. The maximum Gasteiger partial charge on any atom is 0.511 e. The molecule has 0 amide bonds. The van der Waals surface area contributed by atoms with E-state index in [1.165, 1.54) is 12.1 Å². The van der Waals surface area contributed by atoms with E-state index >= 15 is 0 Å². The van der Waals surface area contributed by atoms with Crippen molar-refractivity contribution in [3.05, 3.63) is 22.2 Å². The first-order valence-corrected chi connectivity index (χ1v) is 3.85. The largest absolute Gasteiger partial charge is 0.511 e. The molecule has 0 spiro atoms. The van der Waals surface area contributed by atoms with Crippen LogP contribution in [0.1, 0.15) is 0 Å². The number of halogens is 2. The van der Waals surface area contributed by atoms with Gasteiger partial charge in [0.05, 0.1) is 10.0 Å². The third-order valence-corrected chi connectivity index (χ3v) is 1.83. The quantitative estimate of drug-likeness (QED) is 0.567. The highest BCUT2D eigenvalue weighted by atomic mass is 35.5. The van der Waals surface area contributed by atoms with Gasteiger partial charge in [0.2, 0.25) is 0 Å². The number of rotatable bonds is 1. The topological polar surface area (TPSA) is 66.8 Å². The van der Waals surface area contributed by atoms with Gasteiger partial charge in [0.15, 0.2) is 11.5 Å². The van der Waals surface area contributed by atoms with E-state index in [0.717, 1.165) is 0 Å². The number of carbonyl (C=O) groups is 1. The van der Waals surface area contributed by atoms with E-state index in [-0.39, 0.29) is 15.8 Å². The molecule has 0 radical (unpaired) electrons. The van der Waals surface area contributed by atoms with Crippen LogP contribution in [0.3, 0.4) is 0 Å². The lowest BCUT2D eigenvalue weighted by Crippen LogP contribution is -2.03. The number of carboxylic acid groups (broad SMARTS) is 1. The normalized spacial score (nSPS) is 9.69. The molecule has 0 aliphatic carbocycles. The molecule has 0 unspecified atom stereocenters. The average molecular weight is 223 g/mol. The maximum atomic E-state index is 10.1. The third-order valence-electron chi connectivity index (χ3n) is 1.22. The monoisotopic (exact) mass is 222 g/mol. The first-order valence-electron chi connectivity index (χ1n) is 3.10. The smallest absolute Gasteiger partial charge is 0.503 e. The molecule has 70 valence electrons. The van der Waals surface area contributed by atoms with Gasteiger partial charge in [-0.25, -0.2) is 4.79 Å². The second-order valence-corrected chi connectivity index (χ2v) is 2.89. The van der Waals surface area contributed by atoms with E-state index in [1.807, 2.05) is 0 Å². The standard InChI is InChI=1S/C7H4Cl2O4/c8-3-1-2-4(9)6(5(3)10)13-7(11)12/h1-2,10H,(H,11,12). The summed E-state index contributed by atoms with van der Waals surface area (Å²) in [6.45, 7) is 0. The number of hydrogen-bond acceptors (Lipinski definition) is 3. The second kappa shape index (κ2) is 3.72. The Kier molecular flexibility index (Phi) is 2.85. The summed E-state index contributed by atoms with van der Waals surface area (Å²) in [5, 5.41) is 17.4. The number of phenolic OH excluding ortho intramolecular Hbond substituents is 1. The predicted octanol–water partition coefficient (Wildman–Crippen LogP) is 2.76. The van der Waals surface area contributed by atoms with Crippen LogP contribution >= 0.6 is 23.2 Å². The van der Waals surface area contributed by atoms with Crippen LogP contribution in [-0.2, 0) is 0 Å². The van der Waals surface area contributed by atoms with Gasteiger partial charge in [0, 0.05) is 0 Å². The van der Waals surface area contributed by atoms with Gasteiger partial charge < -0.3 is 14.9 Å². The molecule has 0 bridgehead atoms. The summed E-state index contributed by atoms with van der Waals surface area (Å²) in [6, 6.07) is 2.65. The number of phenols is 1.